The van der Waals surface area contributed by atoms with E-state index in [9.17, 15) is 4.79 Å². The van der Waals surface area contributed by atoms with Gasteiger partial charge in [0.15, 0.2) is 0 Å². The highest BCUT2D eigenvalue weighted by atomic mass is 35.5. The molecule has 0 N–H and O–H groups in total. The molecule has 0 bridgehead atoms. The number of amides is 1. The first-order valence-electron chi connectivity index (χ1n) is 5.92. The van der Waals surface area contributed by atoms with E-state index in [0.717, 1.165) is 11.3 Å². The van der Waals surface area contributed by atoms with Crippen LogP contribution in [0, 0.1) is 0 Å². The van der Waals surface area contributed by atoms with Crippen LogP contribution in [0.3, 0.4) is 0 Å². The number of carbonyl (C=O) groups is 1. The van der Waals surface area contributed by atoms with E-state index in [0.29, 0.717) is 11.6 Å². The third-order valence-corrected chi connectivity index (χ3v) is 3.04. The quantitative estimate of drug-likeness (QED) is 0.723. The van der Waals surface area contributed by atoms with Crippen LogP contribution < -0.4 is 0 Å². The molecule has 98 valence electrons. The third kappa shape index (κ3) is 2.58. The smallest absolute Gasteiger partial charge is 0.411 e. The van der Waals surface area contributed by atoms with E-state index in [-0.39, 0.29) is 12.1 Å². The molecule has 1 aromatic rings. The highest BCUT2D eigenvalue weighted by molar-refractivity contribution is 6.30. The summed E-state index contributed by atoms with van der Waals surface area (Å²) in [5.74, 6) is 0. The Hall–Kier alpha value is -1.29. The highest BCUT2D eigenvalue weighted by Crippen LogP contribution is 2.34. The molecule has 0 saturated carbocycles. The molecule has 0 fully saturated rings. The van der Waals surface area contributed by atoms with Crippen LogP contribution in [0.25, 0.3) is 0 Å². The van der Waals surface area contributed by atoms with Gasteiger partial charge in [-0.05, 0) is 39.3 Å². The normalized spacial score (nSPS) is 18.7. The lowest BCUT2D eigenvalue weighted by atomic mass is 10.1. The second kappa shape index (κ2) is 4.43. The Morgan fingerprint density at radius 3 is 2.83 bits per heavy atom. The van der Waals surface area contributed by atoms with Gasteiger partial charge in [-0.2, -0.15) is 0 Å². The van der Waals surface area contributed by atoms with Crippen LogP contribution in [0.15, 0.2) is 12.3 Å². The Balaban J connectivity index is 2.19. The molecule has 0 saturated heterocycles. The molecule has 1 aliphatic rings. The number of carbonyl (C=O) groups excluding carboxylic acids is 1. The van der Waals surface area contributed by atoms with Crippen LogP contribution in [0.4, 0.5) is 4.79 Å². The molecule has 4 nitrogen and oxygen atoms in total. The van der Waals surface area contributed by atoms with Crippen molar-refractivity contribution in [3.05, 3.63) is 28.5 Å². The minimum absolute atomic E-state index is 0.0546. The molecule has 0 aromatic carbocycles. The minimum Gasteiger partial charge on any atom is -0.444 e. The van der Waals surface area contributed by atoms with Crippen LogP contribution in [0.5, 0.6) is 0 Å². The van der Waals surface area contributed by atoms with Crippen LogP contribution in [0.2, 0.25) is 5.02 Å². The molecule has 1 aromatic heterocycles. The lowest BCUT2D eigenvalue weighted by Gasteiger charge is -2.26. The Labute approximate surface area is 112 Å². The van der Waals surface area contributed by atoms with Crippen molar-refractivity contribution in [2.24, 2.45) is 0 Å². The predicted octanol–water partition coefficient (Wildman–Crippen LogP) is 3.55. The van der Waals surface area contributed by atoms with Gasteiger partial charge >= 0.3 is 6.09 Å². The maximum Gasteiger partial charge on any atom is 0.411 e. The predicted molar refractivity (Wildman–Crippen MR) is 69.4 cm³/mol. The number of nitrogens with zero attached hydrogens (tertiary/aromatic N) is 2. The van der Waals surface area contributed by atoms with Gasteiger partial charge in [0.25, 0.3) is 0 Å². The molecular weight excluding hydrogens is 252 g/mol. The second-order valence-electron chi connectivity index (χ2n) is 5.47. The van der Waals surface area contributed by atoms with E-state index in [4.69, 9.17) is 16.3 Å². The lowest BCUT2D eigenvalue weighted by Crippen LogP contribution is -2.35. The SMILES string of the molecule is CC1c2cc(Cl)cnc2CN1C(=O)OC(C)(C)C. The van der Waals surface area contributed by atoms with Gasteiger partial charge in [0, 0.05) is 6.20 Å². The number of halogens is 1. The highest BCUT2D eigenvalue weighted by Gasteiger charge is 2.34. The van der Waals surface area contributed by atoms with Crippen molar-refractivity contribution in [2.75, 3.05) is 0 Å². The summed E-state index contributed by atoms with van der Waals surface area (Å²) in [5.41, 5.74) is 1.39. The Morgan fingerprint density at radius 2 is 2.22 bits per heavy atom. The number of hydrogen-bond donors (Lipinski definition) is 0. The van der Waals surface area contributed by atoms with E-state index in [1.54, 1.807) is 11.1 Å². The second-order valence-corrected chi connectivity index (χ2v) is 5.91. The molecule has 2 heterocycles. The average Bonchev–Trinajstić information content (AvgIpc) is 2.54. The first kappa shape index (κ1) is 13.1. The molecule has 1 unspecified atom stereocenters. The first-order valence-corrected chi connectivity index (χ1v) is 6.29. The summed E-state index contributed by atoms with van der Waals surface area (Å²) in [7, 11) is 0. The summed E-state index contributed by atoms with van der Waals surface area (Å²) in [5, 5.41) is 0.589. The summed E-state index contributed by atoms with van der Waals surface area (Å²) in [6.45, 7) is 7.99. The van der Waals surface area contributed by atoms with Gasteiger partial charge in [0.05, 0.1) is 23.3 Å². The Morgan fingerprint density at radius 1 is 1.56 bits per heavy atom. The van der Waals surface area contributed by atoms with Gasteiger partial charge in [0.2, 0.25) is 0 Å². The first-order chi connectivity index (χ1) is 8.28. The number of aromatic nitrogens is 1. The number of pyridine rings is 1. The minimum atomic E-state index is -0.489. The van der Waals surface area contributed by atoms with E-state index in [1.165, 1.54) is 0 Å². The maximum absolute atomic E-state index is 12.1. The Kier molecular flexibility index (Phi) is 3.23. The van der Waals surface area contributed by atoms with Gasteiger partial charge in [-0.1, -0.05) is 11.6 Å². The zero-order valence-electron chi connectivity index (χ0n) is 11.0. The fourth-order valence-electron chi connectivity index (χ4n) is 1.99. The number of hydrogen-bond acceptors (Lipinski definition) is 3. The summed E-state index contributed by atoms with van der Waals surface area (Å²) in [4.78, 5) is 18.0. The van der Waals surface area contributed by atoms with Gasteiger partial charge in [-0.15, -0.1) is 0 Å². The summed E-state index contributed by atoms with van der Waals surface area (Å²) in [6, 6.07) is 1.81. The maximum atomic E-state index is 12.1. The van der Waals surface area contributed by atoms with Gasteiger partial charge in [0.1, 0.15) is 5.60 Å². The topological polar surface area (TPSA) is 42.4 Å². The number of ether oxygens (including phenoxy) is 1. The Bertz CT molecular complexity index is 482. The molecular formula is C13H17ClN2O2. The van der Waals surface area contributed by atoms with Crippen LogP contribution in [0.1, 0.15) is 45.0 Å². The molecule has 0 aliphatic carbocycles. The van der Waals surface area contributed by atoms with Crippen LogP contribution in [-0.2, 0) is 11.3 Å². The molecule has 18 heavy (non-hydrogen) atoms. The fourth-order valence-corrected chi connectivity index (χ4v) is 2.15. The number of fused-ring (bicyclic) bond motifs is 1. The lowest BCUT2D eigenvalue weighted by molar-refractivity contribution is 0.0186. The van der Waals surface area contributed by atoms with Crippen LogP contribution in [-0.4, -0.2) is 21.6 Å². The monoisotopic (exact) mass is 268 g/mol. The van der Waals surface area contributed by atoms with Crippen LogP contribution >= 0.6 is 11.6 Å². The van der Waals surface area contributed by atoms with Gasteiger partial charge in [-0.3, -0.25) is 9.88 Å². The van der Waals surface area contributed by atoms with Crippen molar-refractivity contribution in [3.8, 4) is 0 Å². The van der Waals surface area contributed by atoms with Crippen molar-refractivity contribution < 1.29 is 9.53 Å². The van der Waals surface area contributed by atoms with E-state index >= 15 is 0 Å². The molecule has 2 rings (SSSR count). The van der Waals surface area contributed by atoms with Crippen molar-refractivity contribution >= 4 is 17.7 Å². The molecule has 0 radical (unpaired) electrons. The van der Waals surface area contributed by atoms with E-state index in [2.05, 4.69) is 4.98 Å². The molecule has 5 heteroatoms. The van der Waals surface area contributed by atoms with Crippen molar-refractivity contribution in [1.29, 1.82) is 0 Å². The van der Waals surface area contributed by atoms with Crippen molar-refractivity contribution in [2.45, 2.75) is 45.9 Å². The fraction of sp³-hybridized carbons (Fsp3) is 0.538. The molecule has 1 aliphatic heterocycles. The summed E-state index contributed by atoms with van der Waals surface area (Å²) in [6.07, 6.45) is 1.29. The van der Waals surface area contributed by atoms with Crippen molar-refractivity contribution in [1.82, 2.24) is 9.88 Å². The third-order valence-electron chi connectivity index (χ3n) is 2.84. The molecule has 0 spiro atoms. The van der Waals surface area contributed by atoms with Gasteiger partial charge in [-0.25, -0.2) is 4.79 Å². The number of rotatable bonds is 0. The average molecular weight is 269 g/mol. The molecule has 1 amide bonds. The van der Waals surface area contributed by atoms with E-state index < -0.39 is 5.60 Å². The zero-order chi connectivity index (χ0) is 13.5. The van der Waals surface area contributed by atoms with Crippen molar-refractivity contribution in [3.63, 3.8) is 0 Å². The molecule has 1 atom stereocenters. The largest absolute Gasteiger partial charge is 0.444 e. The standard InChI is InChI=1S/C13H17ClN2O2/c1-8-10-5-9(14)6-15-11(10)7-16(8)12(17)18-13(2,3)4/h5-6,8H,7H2,1-4H3. The van der Waals surface area contributed by atoms with E-state index in [1.807, 2.05) is 33.8 Å². The summed E-state index contributed by atoms with van der Waals surface area (Å²) < 4.78 is 5.38. The zero-order valence-corrected chi connectivity index (χ0v) is 11.8. The summed E-state index contributed by atoms with van der Waals surface area (Å²) >= 11 is 5.93. The van der Waals surface area contributed by atoms with Gasteiger partial charge < -0.3 is 4.74 Å².